The average Bonchev–Trinajstić information content (AvgIpc) is 2.24. The summed E-state index contributed by atoms with van der Waals surface area (Å²) in [7, 11) is 0. The zero-order chi connectivity index (χ0) is 12.4. The molecule has 0 spiro atoms. The van der Waals surface area contributed by atoms with Crippen molar-refractivity contribution in [2.24, 2.45) is 5.92 Å². The van der Waals surface area contributed by atoms with E-state index >= 15 is 0 Å². The first-order valence-electron chi connectivity index (χ1n) is 5.19. The van der Waals surface area contributed by atoms with E-state index in [4.69, 9.17) is 9.47 Å². The fraction of sp³-hybridized carbons (Fsp3) is 0.800. The summed E-state index contributed by atoms with van der Waals surface area (Å²) in [5.41, 5.74) is 0. The largest absolute Gasteiger partial charge is 0.508 e. The molecule has 94 valence electrons. The molecule has 6 heteroatoms. The second kappa shape index (κ2) is 8.82. The Morgan fingerprint density at radius 2 is 1.25 bits per heavy atom. The molecule has 0 aliphatic heterocycles. The van der Waals surface area contributed by atoms with Gasteiger partial charge in [0.05, 0.1) is 13.2 Å². The molecule has 0 aromatic rings. The summed E-state index contributed by atoms with van der Waals surface area (Å²) in [4.78, 5) is 21.6. The zero-order valence-electron chi connectivity index (χ0n) is 9.86. The first-order valence-corrected chi connectivity index (χ1v) is 5.19. The first-order chi connectivity index (χ1) is 7.60. The quantitative estimate of drug-likeness (QED) is 0.654. The summed E-state index contributed by atoms with van der Waals surface area (Å²) in [5, 5.41) is 0. The van der Waals surface area contributed by atoms with Crippen LogP contribution in [-0.2, 0) is 18.9 Å². The Morgan fingerprint density at radius 3 is 1.56 bits per heavy atom. The lowest BCUT2D eigenvalue weighted by atomic mass is 10.2. The molecule has 0 atom stereocenters. The van der Waals surface area contributed by atoms with Crippen LogP contribution >= 0.6 is 0 Å². The Kier molecular flexibility index (Phi) is 8.01. The lowest BCUT2D eigenvalue weighted by Crippen LogP contribution is -2.19. The van der Waals surface area contributed by atoms with Crippen molar-refractivity contribution in [1.82, 2.24) is 0 Å². The maximum Gasteiger partial charge on any atom is 0.508 e. The van der Waals surface area contributed by atoms with Gasteiger partial charge in [0.1, 0.15) is 13.2 Å². The fourth-order valence-electron chi connectivity index (χ4n) is 0.788. The minimum Gasteiger partial charge on any atom is -0.435 e. The van der Waals surface area contributed by atoms with Crippen molar-refractivity contribution in [1.29, 1.82) is 0 Å². The molecule has 0 heterocycles. The minimum atomic E-state index is -0.717. The number of ether oxygens (including phenoxy) is 4. The lowest BCUT2D eigenvalue weighted by molar-refractivity contribution is 0.0233. The molecule has 0 aromatic heterocycles. The second-order valence-electron chi connectivity index (χ2n) is 3.09. The normalized spacial score (nSPS) is 9.75. The van der Waals surface area contributed by atoms with Gasteiger partial charge in [0.25, 0.3) is 0 Å². The molecule has 0 bridgehead atoms. The molecule has 0 amide bonds. The molecule has 6 nitrogen and oxygen atoms in total. The molecule has 0 fully saturated rings. The van der Waals surface area contributed by atoms with Gasteiger partial charge >= 0.3 is 12.3 Å². The summed E-state index contributed by atoms with van der Waals surface area (Å²) in [6.07, 6.45) is -1.43. The number of rotatable bonds is 6. The van der Waals surface area contributed by atoms with Gasteiger partial charge in [-0.05, 0) is 13.8 Å². The smallest absolute Gasteiger partial charge is 0.435 e. The maximum absolute atomic E-state index is 10.8. The van der Waals surface area contributed by atoms with Crippen molar-refractivity contribution in [3.8, 4) is 0 Å². The number of hydrogen-bond donors (Lipinski definition) is 0. The highest BCUT2D eigenvalue weighted by atomic mass is 16.7. The number of carbonyl (C=O) groups excluding carboxylic acids is 2. The van der Waals surface area contributed by atoms with Gasteiger partial charge in [-0.15, -0.1) is 0 Å². The summed E-state index contributed by atoms with van der Waals surface area (Å²) < 4.78 is 18.6. The Balaban J connectivity index is 3.54. The van der Waals surface area contributed by atoms with Gasteiger partial charge in [-0.25, -0.2) is 9.59 Å². The molecule has 16 heavy (non-hydrogen) atoms. The SMILES string of the molecule is CCOC(=O)OCC(C)COC(=O)OCC. The topological polar surface area (TPSA) is 71.1 Å². The predicted octanol–water partition coefficient (Wildman–Crippen LogP) is 1.97. The second-order valence-corrected chi connectivity index (χ2v) is 3.09. The van der Waals surface area contributed by atoms with Gasteiger partial charge in [0.15, 0.2) is 0 Å². The summed E-state index contributed by atoms with van der Waals surface area (Å²) in [6.45, 7) is 5.97. The molecule has 0 unspecified atom stereocenters. The highest BCUT2D eigenvalue weighted by Gasteiger charge is 2.10. The monoisotopic (exact) mass is 234 g/mol. The van der Waals surface area contributed by atoms with Crippen LogP contribution < -0.4 is 0 Å². The van der Waals surface area contributed by atoms with Crippen molar-refractivity contribution in [2.75, 3.05) is 26.4 Å². The number of hydrogen-bond acceptors (Lipinski definition) is 6. The Labute approximate surface area is 94.8 Å². The van der Waals surface area contributed by atoms with E-state index in [1.807, 2.05) is 0 Å². The summed E-state index contributed by atoms with van der Waals surface area (Å²) >= 11 is 0. The van der Waals surface area contributed by atoms with Crippen molar-refractivity contribution >= 4 is 12.3 Å². The minimum absolute atomic E-state index is 0.103. The van der Waals surface area contributed by atoms with Crippen LogP contribution in [0.2, 0.25) is 0 Å². The van der Waals surface area contributed by atoms with Crippen LogP contribution in [0.25, 0.3) is 0 Å². The van der Waals surface area contributed by atoms with Crippen molar-refractivity contribution in [3.05, 3.63) is 0 Å². The van der Waals surface area contributed by atoms with E-state index in [9.17, 15) is 9.59 Å². The van der Waals surface area contributed by atoms with Gasteiger partial charge in [0.2, 0.25) is 0 Å². The summed E-state index contributed by atoms with van der Waals surface area (Å²) in [5.74, 6) is -0.103. The fourth-order valence-corrected chi connectivity index (χ4v) is 0.788. The van der Waals surface area contributed by atoms with Crippen LogP contribution in [0.4, 0.5) is 9.59 Å². The predicted molar refractivity (Wildman–Crippen MR) is 55.1 cm³/mol. The molecule has 0 N–H and O–H groups in total. The van der Waals surface area contributed by atoms with Crippen LogP contribution in [0.3, 0.4) is 0 Å². The number of carbonyl (C=O) groups is 2. The van der Waals surface area contributed by atoms with E-state index < -0.39 is 12.3 Å². The van der Waals surface area contributed by atoms with Crippen molar-refractivity contribution < 1.29 is 28.5 Å². The molecule has 0 saturated carbocycles. The third-order valence-electron chi connectivity index (χ3n) is 1.50. The van der Waals surface area contributed by atoms with Gasteiger partial charge in [-0.3, -0.25) is 0 Å². The molecule has 0 saturated heterocycles. The highest BCUT2D eigenvalue weighted by molar-refractivity contribution is 5.60. The first kappa shape index (κ1) is 14.5. The zero-order valence-corrected chi connectivity index (χ0v) is 9.86. The van der Waals surface area contributed by atoms with Gasteiger partial charge in [0, 0.05) is 5.92 Å². The molecule has 0 aromatic carbocycles. The highest BCUT2D eigenvalue weighted by Crippen LogP contribution is 1.99. The van der Waals surface area contributed by atoms with E-state index in [2.05, 4.69) is 9.47 Å². The molecular formula is C10H18O6. The summed E-state index contributed by atoms with van der Waals surface area (Å²) in [6, 6.07) is 0. The van der Waals surface area contributed by atoms with Crippen LogP contribution in [-0.4, -0.2) is 38.7 Å². The van der Waals surface area contributed by atoms with Gasteiger partial charge in [-0.1, -0.05) is 6.92 Å². The van der Waals surface area contributed by atoms with Gasteiger partial charge < -0.3 is 18.9 Å². The van der Waals surface area contributed by atoms with Crippen LogP contribution in [0, 0.1) is 5.92 Å². The van der Waals surface area contributed by atoms with E-state index in [1.165, 1.54) is 0 Å². The Hall–Kier alpha value is -1.46. The van der Waals surface area contributed by atoms with E-state index in [0.29, 0.717) is 0 Å². The van der Waals surface area contributed by atoms with E-state index in [1.54, 1.807) is 20.8 Å². The Morgan fingerprint density at radius 1 is 0.875 bits per heavy atom. The van der Waals surface area contributed by atoms with E-state index in [0.717, 1.165) is 0 Å². The molecule has 0 rings (SSSR count). The van der Waals surface area contributed by atoms with Crippen molar-refractivity contribution in [2.45, 2.75) is 20.8 Å². The van der Waals surface area contributed by atoms with Crippen LogP contribution in [0.5, 0.6) is 0 Å². The van der Waals surface area contributed by atoms with Crippen LogP contribution in [0.1, 0.15) is 20.8 Å². The third kappa shape index (κ3) is 7.90. The molecule has 0 aliphatic carbocycles. The van der Waals surface area contributed by atoms with Gasteiger partial charge in [-0.2, -0.15) is 0 Å². The van der Waals surface area contributed by atoms with E-state index in [-0.39, 0.29) is 32.3 Å². The van der Waals surface area contributed by atoms with Crippen molar-refractivity contribution in [3.63, 3.8) is 0 Å². The standard InChI is InChI=1S/C10H18O6/c1-4-13-9(11)15-6-8(3)7-16-10(12)14-5-2/h8H,4-7H2,1-3H3. The maximum atomic E-state index is 10.8. The lowest BCUT2D eigenvalue weighted by Gasteiger charge is -2.11. The average molecular weight is 234 g/mol. The van der Waals surface area contributed by atoms with Crippen LogP contribution in [0.15, 0.2) is 0 Å². The molecule has 0 radical (unpaired) electrons. The molecular weight excluding hydrogens is 216 g/mol. The Bertz CT molecular complexity index is 193. The third-order valence-corrected chi connectivity index (χ3v) is 1.50. The molecule has 0 aliphatic rings.